The van der Waals surface area contributed by atoms with Crippen LogP contribution in [-0.4, -0.2) is 46.8 Å². The molecule has 1 aliphatic rings. The molecule has 0 spiro atoms. The quantitative estimate of drug-likeness (QED) is 0.611. The first-order valence-corrected chi connectivity index (χ1v) is 8.12. The van der Waals surface area contributed by atoms with Crippen molar-refractivity contribution in [1.82, 2.24) is 20.1 Å². The monoisotopic (exact) mass is 284 g/mol. The lowest BCUT2D eigenvalue weighted by atomic mass is 9.99. The maximum Gasteiger partial charge on any atom is 0.191 e. The van der Waals surface area contributed by atoms with E-state index in [0.717, 1.165) is 49.5 Å². The summed E-state index contributed by atoms with van der Waals surface area (Å²) in [5.41, 5.74) is 0. The number of aromatic nitrogens is 3. The van der Waals surface area contributed by atoms with E-state index in [1.165, 1.54) is 12.8 Å². The molecule has 6 heteroatoms. The zero-order chi connectivity index (χ0) is 13.5. The third-order valence-electron chi connectivity index (χ3n) is 3.34. The summed E-state index contributed by atoms with van der Waals surface area (Å²) < 4.78 is 7.62. The number of piperidine rings is 1. The predicted octanol–water partition coefficient (Wildman–Crippen LogP) is 1.80. The molecule has 5 nitrogen and oxygen atoms in total. The Morgan fingerprint density at radius 3 is 3.05 bits per heavy atom. The Labute approximate surface area is 119 Å². The molecular formula is C13H24N4OS. The molecule has 2 rings (SSSR count). The van der Waals surface area contributed by atoms with Gasteiger partial charge in [-0.05, 0) is 25.8 Å². The molecule has 1 fully saturated rings. The summed E-state index contributed by atoms with van der Waals surface area (Å²) >= 11 is 1.73. The van der Waals surface area contributed by atoms with Crippen molar-refractivity contribution >= 4 is 11.8 Å². The Morgan fingerprint density at radius 1 is 1.42 bits per heavy atom. The normalized spacial score (nSPS) is 19.8. The van der Waals surface area contributed by atoms with Crippen molar-refractivity contribution in [3.8, 4) is 0 Å². The van der Waals surface area contributed by atoms with Gasteiger partial charge in [0.1, 0.15) is 5.82 Å². The number of nitrogens with one attached hydrogen (secondary N) is 1. The van der Waals surface area contributed by atoms with E-state index in [2.05, 4.69) is 34.1 Å². The topological polar surface area (TPSA) is 52.0 Å². The summed E-state index contributed by atoms with van der Waals surface area (Å²) in [5, 5.41) is 13.1. The van der Waals surface area contributed by atoms with E-state index in [4.69, 9.17) is 4.74 Å². The van der Waals surface area contributed by atoms with E-state index in [9.17, 15) is 0 Å². The van der Waals surface area contributed by atoms with Gasteiger partial charge in [0.15, 0.2) is 5.16 Å². The Morgan fingerprint density at radius 2 is 2.32 bits per heavy atom. The Bertz CT molecular complexity index is 377. The number of ether oxygens (including phenoxy) is 1. The highest BCUT2D eigenvalue weighted by Crippen LogP contribution is 2.24. The van der Waals surface area contributed by atoms with Crippen LogP contribution in [0.1, 0.15) is 37.9 Å². The van der Waals surface area contributed by atoms with Gasteiger partial charge in [-0.1, -0.05) is 18.7 Å². The zero-order valence-corrected chi connectivity index (χ0v) is 12.7. The SMILES string of the molecule is CCCOCCSc1nnc([C@@H]2CCCNC2)n1C. The van der Waals surface area contributed by atoms with Crippen LogP contribution in [0.3, 0.4) is 0 Å². The Balaban J connectivity index is 1.83. The minimum atomic E-state index is 0.511. The van der Waals surface area contributed by atoms with E-state index in [-0.39, 0.29) is 0 Å². The van der Waals surface area contributed by atoms with E-state index in [1.807, 2.05) is 0 Å². The third-order valence-corrected chi connectivity index (χ3v) is 4.32. The van der Waals surface area contributed by atoms with Gasteiger partial charge in [0.2, 0.25) is 0 Å². The summed E-state index contributed by atoms with van der Waals surface area (Å²) in [6.45, 7) is 5.91. The molecule has 19 heavy (non-hydrogen) atoms. The number of hydrogen-bond donors (Lipinski definition) is 1. The van der Waals surface area contributed by atoms with Crippen LogP contribution in [0.25, 0.3) is 0 Å². The fourth-order valence-corrected chi connectivity index (χ4v) is 3.09. The molecule has 1 aromatic heterocycles. The van der Waals surface area contributed by atoms with Crippen molar-refractivity contribution < 1.29 is 4.74 Å². The summed E-state index contributed by atoms with van der Waals surface area (Å²) in [6.07, 6.45) is 3.52. The van der Waals surface area contributed by atoms with Gasteiger partial charge in [0, 0.05) is 31.9 Å². The minimum Gasteiger partial charge on any atom is -0.381 e. The summed E-state index contributed by atoms with van der Waals surface area (Å²) in [6, 6.07) is 0. The third kappa shape index (κ3) is 4.19. The number of thioether (sulfide) groups is 1. The van der Waals surface area contributed by atoms with Crippen molar-refractivity contribution in [2.24, 2.45) is 7.05 Å². The number of nitrogens with zero attached hydrogens (tertiary/aromatic N) is 3. The first-order chi connectivity index (χ1) is 9.33. The largest absolute Gasteiger partial charge is 0.381 e. The van der Waals surface area contributed by atoms with Crippen LogP contribution in [0.15, 0.2) is 5.16 Å². The number of hydrogen-bond acceptors (Lipinski definition) is 5. The first-order valence-electron chi connectivity index (χ1n) is 7.13. The van der Waals surface area contributed by atoms with Crippen LogP contribution < -0.4 is 5.32 Å². The summed E-state index contributed by atoms with van der Waals surface area (Å²) in [5.74, 6) is 2.57. The van der Waals surface area contributed by atoms with Crippen molar-refractivity contribution in [3.63, 3.8) is 0 Å². The fraction of sp³-hybridized carbons (Fsp3) is 0.846. The van der Waals surface area contributed by atoms with Gasteiger partial charge < -0.3 is 14.6 Å². The average Bonchev–Trinajstić information content (AvgIpc) is 2.81. The molecule has 1 atom stereocenters. The van der Waals surface area contributed by atoms with Crippen LogP contribution in [0.2, 0.25) is 0 Å². The van der Waals surface area contributed by atoms with E-state index in [0.29, 0.717) is 5.92 Å². The second-order valence-corrected chi connectivity index (χ2v) is 5.97. The molecule has 0 aliphatic carbocycles. The van der Waals surface area contributed by atoms with Gasteiger partial charge in [0.25, 0.3) is 0 Å². The highest BCUT2D eigenvalue weighted by Gasteiger charge is 2.21. The van der Waals surface area contributed by atoms with Crippen molar-refractivity contribution in [3.05, 3.63) is 5.82 Å². The van der Waals surface area contributed by atoms with E-state index < -0.39 is 0 Å². The van der Waals surface area contributed by atoms with Gasteiger partial charge >= 0.3 is 0 Å². The molecule has 2 heterocycles. The molecule has 108 valence electrons. The van der Waals surface area contributed by atoms with Gasteiger partial charge in [-0.15, -0.1) is 10.2 Å². The first kappa shape index (κ1) is 14.8. The second kappa shape index (κ2) is 7.87. The van der Waals surface area contributed by atoms with Crippen LogP contribution >= 0.6 is 11.8 Å². The van der Waals surface area contributed by atoms with E-state index in [1.54, 1.807) is 11.8 Å². The average molecular weight is 284 g/mol. The van der Waals surface area contributed by atoms with Crippen molar-refractivity contribution in [1.29, 1.82) is 0 Å². The lowest BCUT2D eigenvalue weighted by Gasteiger charge is -2.21. The van der Waals surface area contributed by atoms with Gasteiger partial charge in [-0.3, -0.25) is 0 Å². The van der Waals surface area contributed by atoms with Crippen molar-refractivity contribution in [2.45, 2.75) is 37.3 Å². The summed E-state index contributed by atoms with van der Waals surface area (Å²) in [7, 11) is 2.07. The Hall–Kier alpha value is -0.590. The van der Waals surface area contributed by atoms with Gasteiger partial charge in [-0.2, -0.15) is 0 Å². The molecule has 1 aliphatic heterocycles. The molecular weight excluding hydrogens is 260 g/mol. The maximum absolute atomic E-state index is 5.48. The lowest BCUT2D eigenvalue weighted by Crippen LogP contribution is -2.29. The van der Waals surface area contributed by atoms with Crippen molar-refractivity contribution in [2.75, 3.05) is 32.1 Å². The molecule has 0 radical (unpaired) electrons. The molecule has 0 amide bonds. The maximum atomic E-state index is 5.48. The van der Waals surface area contributed by atoms with Crippen LogP contribution in [0, 0.1) is 0 Å². The highest BCUT2D eigenvalue weighted by atomic mass is 32.2. The van der Waals surface area contributed by atoms with Crippen LogP contribution in [0.4, 0.5) is 0 Å². The predicted molar refractivity (Wildman–Crippen MR) is 77.7 cm³/mol. The summed E-state index contributed by atoms with van der Waals surface area (Å²) in [4.78, 5) is 0. The van der Waals surface area contributed by atoms with Gasteiger partial charge in [0.05, 0.1) is 6.61 Å². The van der Waals surface area contributed by atoms with Crippen LogP contribution in [0.5, 0.6) is 0 Å². The second-order valence-electron chi connectivity index (χ2n) is 4.90. The molecule has 1 aromatic rings. The van der Waals surface area contributed by atoms with E-state index >= 15 is 0 Å². The van der Waals surface area contributed by atoms with Crippen LogP contribution in [-0.2, 0) is 11.8 Å². The Kier molecular flexibility index (Phi) is 6.13. The lowest BCUT2D eigenvalue weighted by molar-refractivity contribution is 0.151. The number of rotatable bonds is 7. The minimum absolute atomic E-state index is 0.511. The molecule has 0 saturated carbocycles. The smallest absolute Gasteiger partial charge is 0.191 e. The fourth-order valence-electron chi connectivity index (χ4n) is 2.32. The molecule has 0 unspecified atom stereocenters. The molecule has 0 bridgehead atoms. The molecule has 1 N–H and O–H groups in total. The van der Waals surface area contributed by atoms with Gasteiger partial charge in [-0.25, -0.2) is 0 Å². The zero-order valence-electron chi connectivity index (χ0n) is 11.9. The highest BCUT2D eigenvalue weighted by molar-refractivity contribution is 7.99. The molecule has 1 saturated heterocycles. The standard InChI is InChI=1S/C13H24N4OS/c1-3-7-18-8-9-19-13-16-15-12(17(13)2)11-5-4-6-14-10-11/h11,14H,3-10H2,1-2H3/t11-/m1/s1. The molecule has 0 aromatic carbocycles.